The number of hydrogen-bond acceptors (Lipinski definition) is 4. The Morgan fingerprint density at radius 1 is 1.19 bits per heavy atom. The molecule has 4 unspecified atom stereocenters. The number of carboxylic acid groups (broad SMARTS) is 1. The minimum atomic E-state index is -2.05. The van der Waals surface area contributed by atoms with Gasteiger partial charge in [-0.3, -0.25) is 9.59 Å². The van der Waals surface area contributed by atoms with Gasteiger partial charge in [0.1, 0.15) is 6.04 Å². The van der Waals surface area contributed by atoms with Crippen LogP contribution >= 0.6 is 0 Å². The number of carbonyl (C=O) groups is 3. The van der Waals surface area contributed by atoms with Crippen molar-refractivity contribution >= 4 is 17.8 Å². The Morgan fingerprint density at radius 3 is 2.52 bits per heavy atom. The van der Waals surface area contributed by atoms with Crippen molar-refractivity contribution < 1.29 is 24.6 Å². The molecule has 2 amide bonds. The first-order valence-electron chi connectivity index (χ1n) is 9.42. The molecule has 1 saturated carbocycles. The molecule has 3 N–H and O–H groups in total. The molecule has 2 fully saturated rings. The van der Waals surface area contributed by atoms with Crippen LogP contribution in [-0.4, -0.2) is 57.1 Å². The number of carbonyl (C=O) groups excluding carboxylic acids is 2. The minimum absolute atomic E-state index is 0.0298. The molecule has 1 saturated heterocycles. The van der Waals surface area contributed by atoms with Crippen LogP contribution in [0.4, 0.5) is 0 Å². The fourth-order valence-electron chi connectivity index (χ4n) is 4.17. The predicted molar refractivity (Wildman–Crippen MR) is 98.0 cm³/mol. The number of hydrogen-bond donors (Lipinski definition) is 3. The second kappa shape index (κ2) is 7.68. The van der Waals surface area contributed by atoms with Crippen LogP contribution in [0.25, 0.3) is 0 Å². The molecule has 7 heteroatoms. The normalized spacial score (nSPS) is 26.7. The highest BCUT2D eigenvalue weighted by atomic mass is 16.4. The highest BCUT2D eigenvalue weighted by molar-refractivity contribution is 5.98. The third-order valence-electron chi connectivity index (χ3n) is 5.71. The summed E-state index contributed by atoms with van der Waals surface area (Å²) in [4.78, 5) is 38.7. The Morgan fingerprint density at radius 2 is 1.85 bits per heavy atom. The van der Waals surface area contributed by atoms with E-state index in [1.807, 2.05) is 6.07 Å². The van der Waals surface area contributed by atoms with Crippen LogP contribution in [-0.2, 0) is 9.59 Å². The zero-order chi connectivity index (χ0) is 19.6. The first kappa shape index (κ1) is 19.4. The summed E-state index contributed by atoms with van der Waals surface area (Å²) in [7, 11) is 0. The van der Waals surface area contributed by atoms with Crippen LogP contribution < -0.4 is 5.32 Å². The van der Waals surface area contributed by atoms with Crippen LogP contribution in [0.15, 0.2) is 30.3 Å². The van der Waals surface area contributed by atoms with Crippen LogP contribution in [0.2, 0.25) is 0 Å². The molecule has 0 spiro atoms. The van der Waals surface area contributed by atoms with Crippen molar-refractivity contribution in [3.05, 3.63) is 35.9 Å². The molecule has 1 heterocycles. The number of likely N-dealkylation sites (tertiary alicyclic amines) is 1. The van der Waals surface area contributed by atoms with Gasteiger partial charge in [-0.05, 0) is 44.2 Å². The Kier molecular flexibility index (Phi) is 5.51. The molecule has 27 heavy (non-hydrogen) atoms. The largest absolute Gasteiger partial charge is 0.479 e. The zero-order valence-corrected chi connectivity index (χ0v) is 15.4. The molecule has 0 aromatic heterocycles. The maximum Gasteiger partial charge on any atom is 0.337 e. The zero-order valence-electron chi connectivity index (χ0n) is 15.4. The van der Waals surface area contributed by atoms with Gasteiger partial charge in [-0.1, -0.05) is 31.0 Å². The van der Waals surface area contributed by atoms with Gasteiger partial charge < -0.3 is 20.4 Å². The minimum Gasteiger partial charge on any atom is -0.479 e. The van der Waals surface area contributed by atoms with Gasteiger partial charge in [-0.2, -0.15) is 0 Å². The van der Waals surface area contributed by atoms with Crippen molar-refractivity contribution in [2.75, 3.05) is 6.54 Å². The van der Waals surface area contributed by atoms with Crippen LogP contribution in [0.3, 0.4) is 0 Å². The van der Waals surface area contributed by atoms with E-state index >= 15 is 0 Å². The van der Waals surface area contributed by atoms with Gasteiger partial charge in [-0.25, -0.2) is 4.79 Å². The quantitative estimate of drug-likeness (QED) is 0.722. The molecule has 7 nitrogen and oxygen atoms in total. The lowest BCUT2D eigenvalue weighted by molar-refractivity contribution is -0.156. The van der Waals surface area contributed by atoms with Crippen molar-refractivity contribution in [1.82, 2.24) is 10.2 Å². The Labute approximate surface area is 158 Å². The number of rotatable bonds is 5. The van der Waals surface area contributed by atoms with Crippen LogP contribution in [0, 0.1) is 5.92 Å². The Hall–Kier alpha value is -2.41. The molecule has 4 atom stereocenters. The molecular weight excluding hydrogens is 348 g/mol. The van der Waals surface area contributed by atoms with Crippen molar-refractivity contribution in [2.24, 2.45) is 5.92 Å². The second-order valence-corrected chi connectivity index (χ2v) is 7.74. The summed E-state index contributed by atoms with van der Waals surface area (Å²) >= 11 is 0. The summed E-state index contributed by atoms with van der Waals surface area (Å²) in [6, 6.07) is 8.28. The van der Waals surface area contributed by atoms with Crippen molar-refractivity contribution in [3.8, 4) is 0 Å². The number of aliphatic hydroxyl groups is 1. The fraction of sp³-hybridized carbons (Fsp3) is 0.550. The summed E-state index contributed by atoms with van der Waals surface area (Å²) in [5.74, 6) is -1.70. The van der Waals surface area contributed by atoms with E-state index in [0.717, 1.165) is 32.6 Å². The second-order valence-electron chi connectivity index (χ2n) is 7.74. The van der Waals surface area contributed by atoms with E-state index in [4.69, 9.17) is 5.11 Å². The molecule has 1 aliphatic carbocycles. The van der Waals surface area contributed by atoms with Crippen molar-refractivity contribution in [2.45, 2.75) is 56.7 Å². The molecule has 0 bridgehead atoms. The van der Waals surface area contributed by atoms with E-state index < -0.39 is 30.1 Å². The number of nitrogens with one attached hydrogen (secondary N) is 1. The molecule has 1 aromatic rings. The smallest absolute Gasteiger partial charge is 0.337 e. The highest BCUT2D eigenvalue weighted by Crippen LogP contribution is 2.40. The third kappa shape index (κ3) is 3.98. The number of aliphatic carboxylic acids is 1. The SMILES string of the molecule is CC(O)(CNC(=O)C1CC2CCCCC2N1C(=O)c1ccccc1)C(=O)O. The summed E-state index contributed by atoms with van der Waals surface area (Å²) in [5.41, 5.74) is -1.51. The van der Waals surface area contributed by atoms with Gasteiger partial charge >= 0.3 is 5.97 Å². The highest BCUT2D eigenvalue weighted by Gasteiger charge is 2.47. The van der Waals surface area contributed by atoms with E-state index in [9.17, 15) is 19.5 Å². The number of fused-ring (bicyclic) bond motifs is 1. The molecule has 0 radical (unpaired) electrons. The Balaban J connectivity index is 1.80. The first-order chi connectivity index (χ1) is 12.8. The van der Waals surface area contributed by atoms with Gasteiger partial charge in [-0.15, -0.1) is 0 Å². The van der Waals surface area contributed by atoms with E-state index in [2.05, 4.69) is 5.32 Å². The molecule has 146 valence electrons. The fourth-order valence-corrected chi connectivity index (χ4v) is 4.17. The maximum atomic E-state index is 13.1. The summed E-state index contributed by atoms with van der Waals surface area (Å²) in [5, 5.41) is 21.4. The van der Waals surface area contributed by atoms with Gasteiger partial charge in [0.25, 0.3) is 5.91 Å². The van der Waals surface area contributed by atoms with Crippen molar-refractivity contribution in [3.63, 3.8) is 0 Å². The average Bonchev–Trinajstić information content (AvgIpc) is 3.05. The number of amides is 2. The van der Waals surface area contributed by atoms with Gasteiger partial charge in [0.15, 0.2) is 5.60 Å². The molecule has 2 aliphatic rings. The van der Waals surface area contributed by atoms with Crippen LogP contribution in [0.5, 0.6) is 0 Å². The standard InChI is InChI=1S/C20H26N2O5/c1-20(27,19(25)26)12-21-17(23)16-11-14-9-5-6-10-15(14)22(16)18(24)13-7-3-2-4-8-13/h2-4,7-8,14-16,27H,5-6,9-12H2,1H3,(H,21,23)(H,25,26). The van der Waals surface area contributed by atoms with Gasteiger partial charge in [0.05, 0.1) is 6.54 Å². The average molecular weight is 374 g/mol. The predicted octanol–water partition coefficient (Wildman–Crippen LogP) is 1.41. The van der Waals surface area contributed by atoms with E-state index in [0.29, 0.717) is 12.0 Å². The first-order valence-corrected chi connectivity index (χ1v) is 9.42. The van der Waals surface area contributed by atoms with Crippen molar-refractivity contribution in [1.29, 1.82) is 0 Å². The molecule has 3 rings (SSSR count). The molecule has 1 aliphatic heterocycles. The lowest BCUT2D eigenvalue weighted by Crippen LogP contribution is -2.53. The van der Waals surface area contributed by atoms with Crippen LogP contribution in [0.1, 0.15) is 49.4 Å². The van der Waals surface area contributed by atoms with E-state index in [1.54, 1.807) is 29.2 Å². The third-order valence-corrected chi connectivity index (χ3v) is 5.71. The van der Waals surface area contributed by atoms with E-state index in [-0.39, 0.29) is 17.9 Å². The molecule has 1 aromatic carbocycles. The lowest BCUT2D eigenvalue weighted by Gasteiger charge is -2.34. The maximum absolute atomic E-state index is 13.1. The van der Waals surface area contributed by atoms with E-state index in [1.165, 1.54) is 0 Å². The van der Waals surface area contributed by atoms with Gasteiger partial charge in [0.2, 0.25) is 5.91 Å². The monoisotopic (exact) mass is 374 g/mol. The molecular formula is C20H26N2O5. The number of benzene rings is 1. The summed E-state index contributed by atoms with van der Waals surface area (Å²) < 4.78 is 0. The topological polar surface area (TPSA) is 107 Å². The summed E-state index contributed by atoms with van der Waals surface area (Å²) in [6.07, 6.45) is 4.56. The number of carboxylic acids is 1. The van der Waals surface area contributed by atoms with Gasteiger partial charge in [0, 0.05) is 11.6 Å². The summed E-state index contributed by atoms with van der Waals surface area (Å²) in [6.45, 7) is 0.733. The number of nitrogens with zero attached hydrogens (tertiary/aromatic N) is 1. The Bertz CT molecular complexity index is 718. The lowest BCUT2D eigenvalue weighted by atomic mass is 9.84.